The second kappa shape index (κ2) is 6.76. The van der Waals surface area contributed by atoms with Crippen LogP contribution in [0.1, 0.15) is 0 Å². The fraction of sp³-hybridized carbons (Fsp3) is 0. The summed E-state index contributed by atoms with van der Waals surface area (Å²) in [6, 6.07) is 0. The van der Waals surface area contributed by atoms with E-state index in [2.05, 4.69) is 28.0 Å². The van der Waals surface area contributed by atoms with Crippen LogP contribution in [0.2, 0.25) is 0 Å². The Labute approximate surface area is 148 Å². The van der Waals surface area contributed by atoms with Crippen molar-refractivity contribution in [2.24, 2.45) is 0 Å². The van der Waals surface area contributed by atoms with Crippen LogP contribution in [0, 0.1) is 58.2 Å². The van der Waals surface area contributed by atoms with E-state index in [0.717, 1.165) is 0 Å². The summed E-state index contributed by atoms with van der Waals surface area (Å²) < 4.78 is 131. The summed E-state index contributed by atoms with van der Waals surface area (Å²) in [4.78, 5) is 0. The maximum atomic E-state index is 13.9. The molecule has 2 rings (SSSR count). The maximum absolute atomic E-state index is 13.9. The van der Waals surface area contributed by atoms with E-state index in [1.54, 1.807) is 0 Å². The summed E-state index contributed by atoms with van der Waals surface area (Å²) in [7, 11) is -5.60. The topological polar surface area (TPSA) is 0 Å². The summed E-state index contributed by atoms with van der Waals surface area (Å²) in [5.41, 5.74) is 0. The monoisotopic (exact) mass is 566 g/mol. The van der Waals surface area contributed by atoms with Gasteiger partial charge in [-0.2, -0.15) is 0 Å². The van der Waals surface area contributed by atoms with E-state index in [9.17, 15) is 43.9 Å². The quantitative estimate of drug-likeness (QED) is 0.219. The van der Waals surface area contributed by atoms with E-state index < -0.39 is 76.5 Å². The molecule has 0 aliphatic carbocycles. The van der Waals surface area contributed by atoms with Crippen molar-refractivity contribution >= 4 is 46.4 Å². The molecular weight excluding hydrogens is 567 g/mol. The van der Waals surface area contributed by atoms with Gasteiger partial charge in [0, 0.05) is 0 Å². The van der Waals surface area contributed by atoms with Crippen molar-refractivity contribution in [3.63, 3.8) is 0 Å². The molecule has 0 unspecified atom stereocenters. The van der Waals surface area contributed by atoms with Gasteiger partial charge in [0.2, 0.25) is 0 Å². The van der Waals surface area contributed by atoms with Crippen LogP contribution >= 0.6 is 28.0 Å². The third-order valence-corrected chi connectivity index (χ3v) is 15.8. The van der Waals surface area contributed by atoms with Gasteiger partial charge in [0.1, 0.15) is 0 Å². The third kappa shape index (κ3) is 2.99. The first-order valence-electron chi connectivity index (χ1n) is 5.77. The second-order valence-electron chi connectivity index (χ2n) is 4.46. The van der Waals surface area contributed by atoms with Gasteiger partial charge >= 0.3 is 148 Å². The van der Waals surface area contributed by atoms with Crippen molar-refractivity contribution < 1.29 is 43.9 Å². The standard InChI is InChI=1S/C12Br2F10Ge/c13-25(14,11-7(21)3(17)1(15)4(18)8(11)22)12-9(23)5(19)2(16)6(20)10(12)24. The summed E-state index contributed by atoms with van der Waals surface area (Å²) in [6.07, 6.45) is 0. The molecule has 0 spiro atoms. The van der Waals surface area contributed by atoms with Gasteiger partial charge in [-0.25, -0.2) is 0 Å². The van der Waals surface area contributed by atoms with Crippen LogP contribution < -0.4 is 8.79 Å². The average Bonchev–Trinajstić information content (AvgIpc) is 2.54. The molecule has 0 heterocycles. The van der Waals surface area contributed by atoms with Crippen LogP contribution in [0.4, 0.5) is 43.9 Å². The Bertz CT molecular complexity index is 769. The molecule has 0 aromatic heterocycles. The van der Waals surface area contributed by atoms with Gasteiger partial charge in [0.15, 0.2) is 0 Å². The summed E-state index contributed by atoms with van der Waals surface area (Å²) >= 11 is 4.84. The zero-order valence-electron chi connectivity index (χ0n) is 11.0. The molecular formula is C12Br2F10Ge. The molecule has 0 bridgehead atoms. The Kier molecular flexibility index (Phi) is 5.56. The van der Waals surface area contributed by atoms with Crippen molar-refractivity contribution in [2.75, 3.05) is 0 Å². The van der Waals surface area contributed by atoms with E-state index in [-0.39, 0.29) is 0 Å². The van der Waals surface area contributed by atoms with Crippen LogP contribution in [0.5, 0.6) is 0 Å². The molecule has 0 saturated carbocycles. The molecule has 0 fully saturated rings. The first kappa shape index (κ1) is 20.6. The summed E-state index contributed by atoms with van der Waals surface area (Å²) in [6.45, 7) is 0. The Morgan fingerprint density at radius 2 is 0.520 bits per heavy atom. The van der Waals surface area contributed by atoms with E-state index in [0.29, 0.717) is 0 Å². The molecule has 136 valence electrons. The van der Waals surface area contributed by atoms with Crippen LogP contribution in [-0.4, -0.2) is 9.58 Å². The number of rotatable bonds is 2. The SMILES string of the molecule is Fc1c(F)c(F)[c]([Ge]([Br])([Br])[c]2c(F)c(F)c(F)c(F)c2F)c(F)c1F. The predicted octanol–water partition coefficient (Wildman–Crippen LogP) is 4.42. The van der Waals surface area contributed by atoms with Gasteiger partial charge in [-0.3, -0.25) is 0 Å². The molecule has 2 aromatic carbocycles. The zero-order chi connectivity index (χ0) is 19.4. The number of benzene rings is 2. The number of hydrogen-bond acceptors (Lipinski definition) is 0. The fourth-order valence-electron chi connectivity index (χ4n) is 1.89. The van der Waals surface area contributed by atoms with E-state index in [1.165, 1.54) is 0 Å². The van der Waals surface area contributed by atoms with Gasteiger partial charge in [-0.15, -0.1) is 0 Å². The van der Waals surface area contributed by atoms with Gasteiger partial charge < -0.3 is 0 Å². The van der Waals surface area contributed by atoms with Crippen molar-refractivity contribution in [3.05, 3.63) is 58.2 Å². The predicted molar refractivity (Wildman–Crippen MR) is 75.3 cm³/mol. The molecule has 0 amide bonds. The van der Waals surface area contributed by atoms with Gasteiger partial charge in [0.05, 0.1) is 0 Å². The Morgan fingerprint density at radius 1 is 0.360 bits per heavy atom. The molecule has 25 heavy (non-hydrogen) atoms. The normalized spacial score (nSPS) is 12.0. The number of hydrogen-bond donors (Lipinski definition) is 0. The zero-order valence-corrected chi connectivity index (χ0v) is 16.3. The summed E-state index contributed by atoms with van der Waals surface area (Å²) in [5, 5.41) is 0. The molecule has 2 aromatic rings. The van der Waals surface area contributed by atoms with Crippen LogP contribution in [0.15, 0.2) is 0 Å². The number of halogens is 12. The fourth-order valence-corrected chi connectivity index (χ4v) is 12.9. The molecule has 0 radical (unpaired) electrons. The molecule has 0 N–H and O–H groups in total. The molecule has 0 aliphatic heterocycles. The van der Waals surface area contributed by atoms with E-state index in [4.69, 9.17) is 0 Å². The Balaban J connectivity index is 2.96. The summed E-state index contributed by atoms with van der Waals surface area (Å²) in [5.74, 6) is -24.7. The van der Waals surface area contributed by atoms with Crippen LogP contribution in [0.3, 0.4) is 0 Å². The van der Waals surface area contributed by atoms with Crippen molar-refractivity contribution in [2.45, 2.75) is 0 Å². The molecule has 0 saturated heterocycles. The minimum absolute atomic E-state index is 1.72. The molecule has 13 heteroatoms. The first-order valence-corrected chi connectivity index (χ1v) is 17.7. The molecule has 0 aliphatic rings. The van der Waals surface area contributed by atoms with Crippen molar-refractivity contribution in [3.8, 4) is 0 Å². The Morgan fingerprint density at radius 3 is 0.720 bits per heavy atom. The van der Waals surface area contributed by atoms with Gasteiger partial charge in [-0.1, -0.05) is 0 Å². The van der Waals surface area contributed by atoms with Crippen molar-refractivity contribution in [1.29, 1.82) is 0 Å². The van der Waals surface area contributed by atoms with Gasteiger partial charge in [0.25, 0.3) is 0 Å². The average molecular weight is 567 g/mol. The second-order valence-corrected chi connectivity index (χ2v) is 26.9. The third-order valence-electron chi connectivity index (χ3n) is 3.05. The Hall–Kier alpha value is -0.757. The minimum atomic E-state index is -5.60. The van der Waals surface area contributed by atoms with Gasteiger partial charge in [-0.05, 0) is 0 Å². The van der Waals surface area contributed by atoms with Crippen molar-refractivity contribution in [1.82, 2.24) is 0 Å². The van der Waals surface area contributed by atoms with E-state index in [1.807, 2.05) is 0 Å². The molecule has 0 atom stereocenters. The molecule has 0 nitrogen and oxygen atoms in total. The first-order chi connectivity index (χ1) is 11.4. The van der Waals surface area contributed by atoms with Crippen LogP contribution in [-0.2, 0) is 0 Å². The van der Waals surface area contributed by atoms with E-state index >= 15 is 0 Å². The van der Waals surface area contributed by atoms with Crippen LogP contribution in [0.25, 0.3) is 0 Å².